The van der Waals surface area contributed by atoms with Crippen molar-refractivity contribution in [1.82, 2.24) is 5.32 Å². The van der Waals surface area contributed by atoms with Gasteiger partial charge in [0.15, 0.2) is 0 Å². The van der Waals surface area contributed by atoms with Crippen LogP contribution in [0.1, 0.15) is 12.5 Å². The quantitative estimate of drug-likeness (QED) is 0.460. The van der Waals surface area contributed by atoms with Gasteiger partial charge in [-0.1, -0.05) is 6.07 Å². The van der Waals surface area contributed by atoms with E-state index in [1.165, 1.54) is 12.2 Å². The van der Waals surface area contributed by atoms with E-state index >= 15 is 0 Å². The fourth-order valence-electron chi connectivity index (χ4n) is 1.85. The van der Waals surface area contributed by atoms with Gasteiger partial charge in [0.2, 0.25) is 0 Å². The van der Waals surface area contributed by atoms with Crippen LogP contribution in [-0.2, 0) is 20.4 Å². The van der Waals surface area contributed by atoms with Crippen molar-refractivity contribution in [1.29, 1.82) is 0 Å². The van der Waals surface area contributed by atoms with Crippen LogP contribution >= 0.6 is 0 Å². The molecule has 2 N–H and O–H groups in total. The molecule has 0 saturated heterocycles. The monoisotopic (exact) mass is 388 g/mol. The molecule has 1 atom stereocenters. The molecule has 1 unspecified atom stereocenters. The second-order valence-electron chi connectivity index (χ2n) is 4.79. The van der Waals surface area contributed by atoms with Crippen molar-refractivity contribution in [3.63, 3.8) is 0 Å². The highest BCUT2D eigenvalue weighted by Gasteiger charge is 2.64. The van der Waals surface area contributed by atoms with Crippen LogP contribution in [0.2, 0.25) is 0 Å². The Balaban J connectivity index is 3.41. The Labute approximate surface area is 143 Å². The van der Waals surface area contributed by atoms with Gasteiger partial charge < -0.3 is 14.8 Å². The van der Waals surface area contributed by atoms with Crippen LogP contribution in [0, 0.1) is 0 Å². The number of alkyl carbamates (subject to hydrolysis) is 1. The average Bonchev–Trinajstić information content (AvgIpc) is 2.52. The minimum atomic E-state index is -5.49. The van der Waals surface area contributed by atoms with Crippen LogP contribution in [0.4, 0.5) is 36.8 Å². The van der Waals surface area contributed by atoms with Gasteiger partial charge in [0.05, 0.1) is 19.3 Å². The Kier molecular flexibility index (Phi) is 6.34. The molecule has 1 amide bonds. The molecule has 1 aromatic rings. The summed E-state index contributed by atoms with van der Waals surface area (Å²) in [4.78, 5) is 23.3. The van der Waals surface area contributed by atoms with Crippen LogP contribution in [0.3, 0.4) is 0 Å². The van der Waals surface area contributed by atoms with Crippen molar-refractivity contribution < 1.29 is 45.4 Å². The van der Waals surface area contributed by atoms with Crippen molar-refractivity contribution in [2.75, 3.05) is 19.0 Å². The van der Waals surface area contributed by atoms with E-state index in [1.807, 2.05) is 0 Å². The van der Waals surface area contributed by atoms with Crippen molar-refractivity contribution in [2.24, 2.45) is 0 Å². The summed E-state index contributed by atoms with van der Waals surface area (Å²) in [6.07, 6.45) is -11.9. The molecule has 0 bridgehead atoms. The molecule has 12 heteroatoms. The molecule has 0 aliphatic heterocycles. The Morgan fingerprint density at radius 1 is 1.12 bits per heavy atom. The molecule has 1 rings (SSSR count). The highest BCUT2D eigenvalue weighted by molar-refractivity contribution is 5.89. The van der Waals surface area contributed by atoms with Crippen LogP contribution in [0.5, 0.6) is 0 Å². The van der Waals surface area contributed by atoms with Crippen LogP contribution in [0.25, 0.3) is 0 Å². The molecule has 0 saturated carbocycles. The minimum Gasteiger partial charge on any atom is -0.466 e. The number of hydrogen-bond donors (Lipinski definition) is 2. The normalized spacial score (nSPS) is 14.2. The zero-order chi connectivity index (χ0) is 20.2. The summed E-state index contributed by atoms with van der Waals surface area (Å²) in [6.45, 7) is 0.984. The van der Waals surface area contributed by atoms with E-state index in [1.54, 1.807) is 5.32 Å². The fraction of sp³-hybridized carbons (Fsp3) is 0.429. The fourth-order valence-corrected chi connectivity index (χ4v) is 1.85. The first-order chi connectivity index (χ1) is 11.9. The molecule has 26 heavy (non-hydrogen) atoms. The van der Waals surface area contributed by atoms with Crippen molar-refractivity contribution in [3.8, 4) is 0 Å². The third-order valence-corrected chi connectivity index (χ3v) is 3.00. The number of alkyl halides is 6. The number of hydrogen-bond acceptors (Lipinski definition) is 5. The van der Waals surface area contributed by atoms with Crippen LogP contribution in [-0.4, -0.2) is 37.6 Å². The second kappa shape index (κ2) is 7.70. The molecular weight excluding hydrogens is 374 g/mol. The number of esters is 1. The number of anilines is 1. The van der Waals surface area contributed by atoms with Crippen molar-refractivity contribution in [2.45, 2.75) is 24.9 Å². The largest absolute Gasteiger partial charge is 0.466 e. The predicted molar refractivity (Wildman–Crippen MR) is 76.0 cm³/mol. The van der Waals surface area contributed by atoms with E-state index < -0.39 is 41.3 Å². The molecule has 0 spiro atoms. The number of ether oxygens (including phenoxy) is 2. The zero-order valence-corrected chi connectivity index (χ0v) is 13.4. The van der Waals surface area contributed by atoms with Gasteiger partial charge in [-0.05, 0) is 25.1 Å². The van der Waals surface area contributed by atoms with E-state index in [9.17, 15) is 35.9 Å². The van der Waals surface area contributed by atoms with Gasteiger partial charge in [-0.15, -0.1) is 0 Å². The third kappa shape index (κ3) is 4.70. The summed E-state index contributed by atoms with van der Waals surface area (Å²) in [5.41, 5.74) is -5.86. The Bertz CT molecular complexity index is 662. The second-order valence-corrected chi connectivity index (χ2v) is 4.79. The number of nitrogens with one attached hydrogen (secondary N) is 2. The van der Waals surface area contributed by atoms with Crippen LogP contribution < -0.4 is 10.6 Å². The zero-order valence-electron chi connectivity index (χ0n) is 13.4. The summed E-state index contributed by atoms with van der Waals surface area (Å²) in [6, 6.07) is 2.65. The molecule has 0 aliphatic carbocycles. The van der Waals surface area contributed by atoms with Crippen molar-refractivity contribution in [3.05, 3.63) is 29.8 Å². The molecule has 0 heterocycles. The van der Waals surface area contributed by atoms with Crippen LogP contribution in [0.15, 0.2) is 24.3 Å². The summed E-state index contributed by atoms with van der Waals surface area (Å²) >= 11 is 0. The first-order valence-electron chi connectivity index (χ1n) is 6.93. The summed E-state index contributed by atoms with van der Waals surface area (Å²) in [5, 5.41) is 2.85. The highest BCUT2D eigenvalue weighted by atomic mass is 19.4. The number of amides is 1. The number of halogens is 6. The molecule has 0 fully saturated rings. The number of methoxy groups -OCH3 is 1. The molecule has 0 radical (unpaired) electrons. The molecule has 146 valence electrons. The van der Waals surface area contributed by atoms with E-state index in [0.29, 0.717) is 19.2 Å². The van der Waals surface area contributed by atoms with Crippen molar-refractivity contribution >= 4 is 17.7 Å². The smallest absolute Gasteiger partial charge is 0.442 e. The van der Waals surface area contributed by atoms with Gasteiger partial charge in [-0.3, -0.25) is 5.32 Å². The van der Waals surface area contributed by atoms with Gasteiger partial charge in [-0.2, -0.15) is 26.3 Å². The molecule has 0 aliphatic rings. The SMILES string of the molecule is CCOC(=O)NC(Nc1cccc(C(F)(F)F)c1)(C(=O)OC)C(F)(F)F. The Morgan fingerprint density at radius 3 is 2.19 bits per heavy atom. The molecular formula is C14H14F6N2O4. The average molecular weight is 388 g/mol. The maximum absolute atomic E-state index is 13.6. The first-order valence-corrected chi connectivity index (χ1v) is 6.93. The summed E-state index contributed by atoms with van der Waals surface area (Å²) in [5.74, 6) is -2.00. The number of benzene rings is 1. The number of rotatable bonds is 5. The lowest BCUT2D eigenvalue weighted by Gasteiger charge is -2.34. The third-order valence-electron chi connectivity index (χ3n) is 3.00. The van der Waals surface area contributed by atoms with E-state index in [2.05, 4.69) is 9.47 Å². The maximum Gasteiger partial charge on any atom is 0.442 e. The Morgan fingerprint density at radius 2 is 1.73 bits per heavy atom. The number of carbonyl (C=O) groups excluding carboxylic acids is 2. The lowest BCUT2D eigenvalue weighted by Crippen LogP contribution is -2.69. The summed E-state index contributed by atoms with van der Waals surface area (Å²) < 4.78 is 87.4. The molecule has 0 aromatic heterocycles. The van der Waals surface area contributed by atoms with E-state index in [4.69, 9.17) is 0 Å². The van der Waals surface area contributed by atoms with E-state index in [0.717, 1.165) is 12.1 Å². The lowest BCUT2D eigenvalue weighted by atomic mass is 10.1. The standard InChI is InChI=1S/C14H14F6N2O4/c1-3-26-11(24)22-12(10(23)25-2,14(18,19)20)21-9-6-4-5-8(7-9)13(15,16)17/h4-7,21H,3H2,1-2H3,(H,22,24). The van der Waals surface area contributed by atoms with Gasteiger partial charge in [0, 0.05) is 5.69 Å². The van der Waals surface area contributed by atoms with Gasteiger partial charge in [-0.25, -0.2) is 9.59 Å². The van der Waals surface area contributed by atoms with E-state index in [-0.39, 0.29) is 6.61 Å². The Hall–Kier alpha value is -2.66. The highest BCUT2D eigenvalue weighted by Crippen LogP contribution is 2.35. The first kappa shape index (κ1) is 21.4. The number of carbonyl (C=O) groups is 2. The maximum atomic E-state index is 13.6. The van der Waals surface area contributed by atoms with Gasteiger partial charge in [0.1, 0.15) is 0 Å². The summed E-state index contributed by atoms with van der Waals surface area (Å²) in [7, 11) is 0.615. The molecule has 1 aromatic carbocycles. The predicted octanol–water partition coefficient (Wildman–Crippen LogP) is 3.30. The lowest BCUT2D eigenvalue weighted by molar-refractivity contribution is -0.203. The topological polar surface area (TPSA) is 76.7 Å². The van der Waals surface area contributed by atoms with Gasteiger partial charge in [0.25, 0.3) is 0 Å². The molecule has 6 nitrogen and oxygen atoms in total. The van der Waals surface area contributed by atoms with Gasteiger partial charge >= 0.3 is 30.1 Å². The minimum absolute atomic E-state index is 0.315.